The van der Waals surface area contributed by atoms with Crippen molar-refractivity contribution in [3.8, 4) is 0 Å². The number of nitrogens with two attached hydrogens (primary N) is 1. The SMILES string of the molecule is Nc1ccn([C@@H]2OC(CO)=C(O)C2(F)F)c(=O)n1. The second kappa shape index (κ2) is 3.95. The molecule has 0 unspecified atom stereocenters. The van der Waals surface area contributed by atoms with Gasteiger partial charge in [-0.05, 0) is 6.07 Å². The van der Waals surface area contributed by atoms with Gasteiger partial charge in [0.2, 0.25) is 5.76 Å². The zero-order valence-corrected chi connectivity index (χ0v) is 8.88. The van der Waals surface area contributed by atoms with Crippen molar-refractivity contribution in [2.75, 3.05) is 12.3 Å². The Morgan fingerprint density at radius 3 is 2.78 bits per heavy atom. The third-order valence-electron chi connectivity index (χ3n) is 2.39. The van der Waals surface area contributed by atoms with Crippen LogP contribution in [0.2, 0.25) is 0 Å². The van der Waals surface area contributed by atoms with Crippen molar-refractivity contribution < 1.29 is 23.7 Å². The second-order valence-corrected chi connectivity index (χ2v) is 3.57. The molecule has 1 aromatic rings. The Morgan fingerprint density at radius 1 is 1.61 bits per heavy atom. The van der Waals surface area contributed by atoms with Crippen molar-refractivity contribution in [3.63, 3.8) is 0 Å². The number of ether oxygens (including phenoxy) is 1. The average molecular weight is 261 g/mol. The normalized spacial score (nSPS) is 22.1. The Kier molecular flexibility index (Phi) is 2.70. The molecule has 0 aliphatic carbocycles. The van der Waals surface area contributed by atoms with E-state index in [1.807, 2.05) is 0 Å². The highest BCUT2D eigenvalue weighted by atomic mass is 19.3. The van der Waals surface area contributed by atoms with Crippen molar-refractivity contribution in [1.82, 2.24) is 9.55 Å². The van der Waals surface area contributed by atoms with Crippen LogP contribution >= 0.6 is 0 Å². The van der Waals surface area contributed by atoms with E-state index < -0.39 is 36.0 Å². The molecule has 0 aromatic carbocycles. The van der Waals surface area contributed by atoms with E-state index in [9.17, 15) is 18.7 Å². The Balaban J connectivity index is 2.46. The Hall–Kier alpha value is -2.16. The number of hydrogen-bond acceptors (Lipinski definition) is 6. The summed E-state index contributed by atoms with van der Waals surface area (Å²) in [5, 5.41) is 17.9. The van der Waals surface area contributed by atoms with Gasteiger partial charge in [0.15, 0.2) is 5.76 Å². The summed E-state index contributed by atoms with van der Waals surface area (Å²) in [6.45, 7) is -0.908. The van der Waals surface area contributed by atoms with E-state index in [2.05, 4.69) is 9.72 Å². The predicted octanol–water partition coefficient (Wildman–Crippen LogP) is -0.248. The molecule has 2 heterocycles. The smallest absolute Gasteiger partial charge is 0.362 e. The summed E-state index contributed by atoms with van der Waals surface area (Å²) in [6.07, 6.45) is -1.13. The van der Waals surface area contributed by atoms with E-state index in [1.165, 1.54) is 0 Å². The number of hydrogen-bond donors (Lipinski definition) is 3. The number of anilines is 1. The Labute approximate surface area is 98.7 Å². The van der Waals surface area contributed by atoms with Crippen LogP contribution < -0.4 is 11.4 Å². The van der Waals surface area contributed by atoms with Crippen LogP contribution in [0.4, 0.5) is 14.6 Å². The topological polar surface area (TPSA) is 111 Å². The maximum atomic E-state index is 13.6. The monoisotopic (exact) mass is 261 g/mol. The number of halogens is 2. The highest BCUT2D eigenvalue weighted by molar-refractivity contribution is 5.24. The fourth-order valence-electron chi connectivity index (χ4n) is 1.52. The first-order valence-electron chi connectivity index (χ1n) is 4.80. The molecule has 1 aromatic heterocycles. The summed E-state index contributed by atoms with van der Waals surface area (Å²) in [4.78, 5) is 14.7. The molecule has 0 bridgehead atoms. The molecule has 0 saturated carbocycles. The molecule has 1 aliphatic rings. The lowest BCUT2D eigenvalue weighted by molar-refractivity contribution is -0.117. The summed E-state index contributed by atoms with van der Waals surface area (Å²) in [5.74, 6) is -6.05. The first-order chi connectivity index (χ1) is 8.37. The first kappa shape index (κ1) is 12.3. The number of aliphatic hydroxyl groups excluding tert-OH is 2. The van der Waals surface area contributed by atoms with E-state index >= 15 is 0 Å². The van der Waals surface area contributed by atoms with Crippen LogP contribution in [0.3, 0.4) is 0 Å². The maximum absolute atomic E-state index is 13.6. The molecule has 4 N–H and O–H groups in total. The molecule has 0 fully saturated rings. The highest BCUT2D eigenvalue weighted by Crippen LogP contribution is 2.43. The van der Waals surface area contributed by atoms with Crippen molar-refractivity contribution in [3.05, 3.63) is 34.3 Å². The molecule has 2 rings (SSSR count). The standard InChI is InChI=1S/C9H9F2N3O4/c10-9(11)6(16)4(3-15)18-7(9)14-2-1-5(12)13-8(14)17/h1-2,7,15-16H,3H2,(H2,12,13,17)/t7-/m1/s1. The molecule has 0 amide bonds. The third kappa shape index (κ3) is 1.68. The number of aromatic nitrogens is 2. The minimum Gasteiger partial charge on any atom is -0.504 e. The summed E-state index contributed by atoms with van der Waals surface area (Å²) in [7, 11) is 0. The molecule has 1 atom stereocenters. The van der Waals surface area contributed by atoms with Gasteiger partial charge in [-0.2, -0.15) is 13.8 Å². The van der Waals surface area contributed by atoms with Gasteiger partial charge in [0, 0.05) is 6.20 Å². The fourth-order valence-corrected chi connectivity index (χ4v) is 1.52. The second-order valence-electron chi connectivity index (χ2n) is 3.57. The van der Waals surface area contributed by atoms with E-state index in [4.69, 9.17) is 10.8 Å². The van der Waals surface area contributed by atoms with Crippen LogP contribution in [-0.4, -0.2) is 32.3 Å². The molecular formula is C9H9F2N3O4. The lowest BCUT2D eigenvalue weighted by Crippen LogP contribution is -2.36. The van der Waals surface area contributed by atoms with Crippen molar-refractivity contribution in [1.29, 1.82) is 0 Å². The fraction of sp³-hybridized carbons (Fsp3) is 0.333. The number of nitrogen functional groups attached to an aromatic ring is 1. The summed E-state index contributed by atoms with van der Waals surface area (Å²) in [5.41, 5.74) is 4.17. The van der Waals surface area contributed by atoms with E-state index in [1.54, 1.807) is 0 Å². The maximum Gasteiger partial charge on any atom is 0.362 e. The molecule has 98 valence electrons. The number of aliphatic hydroxyl groups is 2. The largest absolute Gasteiger partial charge is 0.504 e. The van der Waals surface area contributed by atoms with E-state index in [-0.39, 0.29) is 5.82 Å². The highest BCUT2D eigenvalue weighted by Gasteiger charge is 2.55. The van der Waals surface area contributed by atoms with Crippen LogP contribution in [0.5, 0.6) is 0 Å². The zero-order chi connectivity index (χ0) is 13.5. The van der Waals surface area contributed by atoms with Gasteiger partial charge in [-0.15, -0.1) is 0 Å². The van der Waals surface area contributed by atoms with Crippen LogP contribution in [0.1, 0.15) is 6.23 Å². The lowest BCUT2D eigenvalue weighted by atomic mass is 10.2. The van der Waals surface area contributed by atoms with E-state index in [0.29, 0.717) is 4.57 Å². The van der Waals surface area contributed by atoms with E-state index in [0.717, 1.165) is 12.3 Å². The Bertz CT molecular complexity index is 569. The van der Waals surface area contributed by atoms with Crippen LogP contribution in [0.15, 0.2) is 28.6 Å². The van der Waals surface area contributed by atoms with Gasteiger partial charge in [0.1, 0.15) is 12.4 Å². The molecule has 1 aliphatic heterocycles. The van der Waals surface area contributed by atoms with Gasteiger partial charge in [0.25, 0.3) is 6.23 Å². The third-order valence-corrected chi connectivity index (χ3v) is 2.39. The van der Waals surface area contributed by atoms with Crippen molar-refractivity contribution in [2.45, 2.75) is 12.2 Å². The molecule has 0 saturated heterocycles. The Morgan fingerprint density at radius 2 is 2.28 bits per heavy atom. The van der Waals surface area contributed by atoms with Crippen LogP contribution in [0.25, 0.3) is 0 Å². The van der Waals surface area contributed by atoms with Gasteiger partial charge in [-0.1, -0.05) is 0 Å². The predicted molar refractivity (Wildman–Crippen MR) is 54.7 cm³/mol. The first-order valence-corrected chi connectivity index (χ1v) is 4.80. The van der Waals surface area contributed by atoms with Gasteiger partial charge in [-0.25, -0.2) is 4.79 Å². The van der Waals surface area contributed by atoms with Gasteiger partial charge >= 0.3 is 11.6 Å². The number of alkyl halides is 2. The van der Waals surface area contributed by atoms with Crippen LogP contribution in [-0.2, 0) is 4.74 Å². The average Bonchev–Trinajstić information content (AvgIpc) is 2.52. The minimum absolute atomic E-state index is 0.128. The molecule has 9 heteroatoms. The molecule has 0 radical (unpaired) electrons. The summed E-state index contributed by atoms with van der Waals surface area (Å²) >= 11 is 0. The molecule has 7 nitrogen and oxygen atoms in total. The zero-order valence-electron chi connectivity index (χ0n) is 8.88. The molecule has 18 heavy (non-hydrogen) atoms. The quantitative estimate of drug-likeness (QED) is 0.677. The van der Waals surface area contributed by atoms with Gasteiger partial charge < -0.3 is 20.7 Å². The van der Waals surface area contributed by atoms with Crippen molar-refractivity contribution >= 4 is 5.82 Å². The number of nitrogens with zero attached hydrogens (tertiary/aromatic N) is 2. The molecular weight excluding hydrogens is 252 g/mol. The molecule has 0 spiro atoms. The van der Waals surface area contributed by atoms with Gasteiger partial charge in [0.05, 0.1) is 0 Å². The summed E-state index contributed by atoms with van der Waals surface area (Å²) < 4.78 is 32.4. The lowest BCUT2D eigenvalue weighted by Gasteiger charge is -2.20. The minimum atomic E-state index is -3.83. The van der Waals surface area contributed by atoms with Crippen LogP contribution in [0, 0.1) is 0 Å². The number of rotatable bonds is 2. The van der Waals surface area contributed by atoms with Crippen molar-refractivity contribution in [2.24, 2.45) is 0 Å². The van der Waals surface area contributed by atoms with Gasteiger partial charge in [-0.3, -0.25) is 4.57 Å². The summed E-state index contributed by atoms with van der Waals surface area (Å²) in [6, 6.07) is 1.13.